The quantitative estimate of drug-likeness (QED) is 0.463. The van der Waals surface area contributed by atoms with Gasteiger partial charge in [-0.2, -0.15) is 0 Å². The molecule has 0 aromatic heterocycles. The van der Waals surface area contributed by atoms with Crippen molar-refractivity contribution in [2.24, 2.45) is 5.73 Å². The molecule has 0 fully saturated rings. The van der Waals surface area contributed by atoms with Gasteiger partial charge < -0.3 is 15.8 Å². The Morgan fingerprint density at radius 2 is 2.29 bits per heavy atom. The Morgan fingerprint density at radius 3 is 2.79 bits per heavy atom. The average Bonchev–Trinajstić information content (AvgIpc) is 2.15. The number of hydrogen-bond donors (Lipinski definition) is 2. The fourth-order valence-electron chi connectivity index (χ4n) is 0.809. The Labute approximate surface area is 85.5 Å². The van der Waals surface area contributed by atoms with Crippen LogP contribution in [0.15, 0.2) is 12.2 Å². The summed E-state index contributed by atoms with van der Waals surface area (Å²) in [6.45, 7) is 9.00. The fourth-order valence-corrected chi connectivity index (χ4v) is 0.809. The normalized spacial score (nSPS) is 12.2. The van der Waals surface area contributed by atoms with E-state index in [0.29, 0.717) is 26.2 Å². The van der Waals surface area contributed by atoms with Crippen molar-refractivity contribution >= 4 is 5.91 Å². The zero-order chi connectivity index (χ0) is 11.0. The van der Waals surface area contributed by atoms with E-state index in [1.165, 1.54) is 0 Å². The second kappa shape index (κ2) is 7.53. The van der Waals surface area contributed by atoms with Gasteiger partial charge in [0.1, 0.15) is 0 Å². The molecule has 0 saturated carbocycles. The molecule has 82 valence electrons. The van der Waals surface area contributed by atoms with Gasteiger partial charge in [-0.15, -0.1) is 0 Å². The molecule has 0 aromatic carbocycles. The van der Waals surface area contributed by atoms with Crippen molar-refractivity contribution in [1.82, 2.24) is 5.32 Å². The standard InChI is InChI=1S/C10H20N2O2/c1-4-9(11)10(13)12-5-6-14-7-8(2)3/h9H,2,4-7,11H2,1,3H3,(H,12,13). The summed E-state index contributed by atoms with van der Waals surface area (Å²) in [5, 5.41) is 2.69. The summed E-state index contributed by atoms with van der Waals surface area (Å²) in [7, 11) is 0. The highest BCUT2D eigenvalue weighted by molar-refractivity contribution is 5.81. The second-order valence-corrected chi connectivity index (χ2v) is 3.32. The Morgan fingerprint density at radius 1 is 1.64 bits per heavy atom. The fraction of sp³-hybridized carbons (Fsp3) is 0.700. The lowest BCUT2D eigenvalue weighted by Gasteiger charge is -2.10. The largest absolute Gasteiger partial charge is 0.375 e. The van der Waals surface area contributed by atoms with Gasteiger partial charge in [0, 0.05) is 6.54 Å². The van der Waals surface area contributed by atoms with Crippen LogP contribution < -0.4 is 11.1 Å². The minimum atomic E-state index is -0.406. The first-order valence-electron chi connectivity index (χ1n) is 4.83. The third-order valence-electron chi connectivity index (χ3n) is 1.67. The monoisotopic (exact) mass is 200 g/mol. The van der Waals surface area contributed by atoms with Crippen molar-refractivity contribution in [2.45, 2.75) is 26.3 Å². The number of nitrogens with two attached hydrogens (primary N) is 1. The maximum absolute atomic E-state index is 11.2. The van der Waals surface area contributed by atoms with Gasteiger partial charge >= 0.3 is 0 Å². The van der Waals surface area contributed by atoms with Crippen LogP contribution in [0.4, 0.5) is 0 Å². The van der Waals surface area contributed by atoms with Gasteiger partial charge in [-0.25, -0.2) is 0 Å². The van der Waals surface area contributed by atoms with Crippen molar-refractivity contribution in [3.63, 3.8) is 0 Å². The average molecular weight is 200 g/mol. The molecule has 1 amide bonds. The van der Waals surface area contributed by atoms with Crippen LogP contribution in [-0.2, 0) is 9.53 Å². The third-order valence-corrected chi connectivity index (χ3v) is 1.67. The molecule has 1 atom stereocenters. The molecule has 4 heteroatoms. The van der Waals surface area contributed by atoms with Crippen molar-refractivity contribution in [3.05, 3.63) is 12.2 Å². The van der Waals surface area contributed by atoms with Crippen LogP contribution in [0.2, 0.25) is 0 Å². The molecule has 0 saturated heterocycles. The molecule has 14 heavy (non-hydrogen) atoms. The summed E-state index contributed by atoms with van der Waals surface area (Å²) < 4.78 is 5.20. The number of nitrogens with one attached hydrogen (secondary N) is 1. The van der Waals surface area contributed by atoms with Gasteiger partial charge in [-0.05, 0) is 13.3 Å². The molecule has 0 aromatic rings. The maximum atomic E-state index is 11.2. The maximum Gasteiger partial charge on any atom is 0.236 e. The highest BCUT2D eigenvalue weighted by Crippen LogP contribution is 1.88. The van der Waals surface area contributed by atoms with Crippen molar-refractivity contribution < 1.29 is 9.53 Å². The first kappa shape index (κ1) is 13.1. The van der Waals surface area contributed by atoms with Gasteiger partial charge in [0.25, 0.3) is 0 Å². The summed E-state index contributed by atoms with van der Waals surface area (Å²) in [6.07, 6.45) is 0.651. The predicted molar refractivity (Wildman–Crippen MR) is 56.9 cm³/mol. The van der Waals surface area contributed by atoms with Gasteiger partial charge in [0.05, 0.1) is 19.3 Å². The second-order valence-electron chi connectivity index (χ2n) is 3.32. The summed E-state index contributed by atoms with van der Waals surface area (Å²) in [4.78, 5) is 11.2. The molecule has 1 unspecified atom stereocenters. The molecule has 0 aliphatic rings. The molecule has 4 nitrogen and oxygen atoms in total. The lowest BCUT2D eigenvalue weighted by atomic mass is 10.2. The van der Waals surface area contributed by atoms with E-state index >= 15 is 0 Å². The summed E-state index contributed by atoms with van der Waals surface area (Å²) >= 11 is 0. The van der Waals surface area contributed by atoms with Gasteiger partial charge in [0.2, 0.25) is 5.91 Å². The first-order chi connectivity index (χ1) is 6.57. The van der Waals surface area contributed by atoms with E-state index in [4.69, 9.17) is 10.5 Å². The molecule has 0 aliphatic carbocycles. The molecule has 0 bridgehead atoms. The highest BCUT2D eigenvalue weighted by atomic mass is 16.5. The van der Waals surface area contributed by atoms with E-state index in [1.54, 1.807) is 0 Å². The first-order valence-corrected chi connectivity index (χ1v) is 4.83. The molecule has 0 aliphatic heterocycles. The van der Waals surface area contributed by atoms with Crippen molar-refractivity contribution in [3.8, 4) is 0 Å². The molecule has 3 N–H and O–H groups in total. The van der Waals surface area contributed by atoms with E-state index in [0.717, 1.165) is 5.57 Å². The van der Waals surface area contributed by atoms with Crippen LogP contribution in [0.25, 0.3) is 0 Å². The molecular formula is C10H20N2O2. The number of rotatable bonds is 7. The lowest BCUT2D eigenvalue weighted by molar-refractivity contribution is -0.122. The summed E-state index contributed by atoms with van der Waals surface area (Å²) in [6, 6.07) is -0.406. The number of carbonyl (C=O) groups excluding carboxylic acids is 1. The van der Waals surface area contributed by atoms with Crippen LogP contribution in [0.5, 0.6) is 0 Å². The Kier molecular flexibility index (Phi) is 7.06. The van der Waals surface area contributed by atoms with Crippen LogP contribution in [0, 0.1) is 0 Å². The Bertz CT molecular complexity index is 193. The zero-order valence-corrected chi connectivity index (χ0v) is 9.01. The third kappa shape index (κ3) is 6.62. The van der Waals surface area contributed by atoms with E-state index in [9.17, 15) is 4.79 Å². The van der Waals surface area contributed by atoms with E-state index in [-0.39, 0.29) is 5.91 Å². The molecular weight excluding hydrogens is 180 g/mol. The molecule has 0 heterocycles. The molecule has 0 rings (SSSR count). The minimum Gasteiger partial charge on any atom is -0.375 e. The number of hydrogen-bond acceptors (Lipinski definition) is 3. The van der Waals surface area contributed by atoms with Gasteiger partial charge in [-0.1, -0.05) is 19.1 Å². The van der Waals surface area contributed by atoms with Crippen LogP contribution in [-0.4, -0.2) is 31.7 Å². The molecule has 0 spiro atoms. The SMILES string of the molecule is C=C(C)COCCNC(=O)C(N)CC. The summed E-state index contributed by atoms with van der Waals surface area (Å²) in [5.41, 5.74) is 6.49. The smallest absolute Gasteiger partial charge is 0.236 e. The Hall–Kier alpha value is -0.870. The van der Waals surface area contributed by atoms with Crippen LogP contribution in [0.1, 0.15) is 20.3 Å². The molecule has 0 radical (unpaired) electrons. The highest BCUT2D eigenvalue weighted by Gasteiger charge is 2.08. The van der Waals surface area contributed by atoms with E-state index in [2.05, 4.69) is 11.9 Å². The zero-order valence-electron chi connectivity index (χ0n) is 9.01. The van der Waals surface area contributed by atoms with Gasteiger partial charge in [-0.3, -0.25) is 4.79 Å². The van der Waals surface area contributed by atoms with E-state index in [1.807, 2.05) is 13.8 Å². The van der Waals surface area contributed by atoms with Crippen molar-refractivity contribution in [1.29, 1.82) is 0 Å². The van der Waals surface area contributed by atoms with E-state index < -0.39 is 6.04 Å². The topological polar surface area (TPSA) is 64.3 Å². The van der Waals surface area contributed by atoms with Crippen LogP contribution in [0.3, 0.4) is 0 Å². The number of ether oxygens (including phenoxy) is 1. The van der Waals surface area contributed by atoms with Crippen LogP contribution >= 0.6 is 0 Å². The Balaban J connectivity index is 3.36. The van der Waals surface area contributed by atoms with Gasteiger partial charge in [0.15, 0.2) is 0 Å². The predicted octanol–water partition coefficient (Wildman–Crippen LogP) is 0.433. The minimum absolute atomic E-state index is 0.119. The van der Waals surface area contributed by atoms with Crippen molar-refractivity contribution in [2.75, 3.05) is 19.8 Å². The number of amides is 1. The lowest BCUT2D eigenvalue weighted by Crippen LogP contribution is -2.41. The summed E-state index contributed by atoms with van der Waals surface area (Å²) in [5.74, 6) is -0.119. The number of carbonyl (C=O) groups is 1.